The molecule has 0 aliphatic rings. The van der Waals surface area contributed by atoms with Gasteiger partial charge in [0, 0.05) is 30.2 Å². The zero-order valence-electron chi connectivity index (χ0n) is 21.0. The number of carboxylic acids is 1. The molecule has 0 radical (unpaired) electrons. The zero-order valence-corrected chi connectivity index (χ0v) is 21.0. The molecule has 188 valence electrons. The molecule has 0 aliphatic heterocycles. The van der Waals surface area contributed by atoms with Crippen molar-refractivity contribution in [3.05, 3.63) is 123 Å². The number of aryl methyl sites for hydroxylation is 3. The number of aliphatic carboxylic acids is 1. The Morgan fingerprint density at radius 2 is 1.62 bits per heavy atom. The van der Waals surface area contributed by atoms with Gasteiger partial charge in [-0.3, -0.25) is 23.9 Å². The number of carbonyl (C=O) groups is 2. The van der Waals surface area contributed by atoms with Crippen molar-refractivity contribution in [2.45, 2.75) is 39.3 Å². The second-order valence-corrected chi connectivity index (χ2v) is 9.20. The lowest BCUT2D eigenvalue weighted by atomic mass is 9.94. The minimum atomic E-state index is -1.06. The molecule has 1 unspecified atom stereocenters. The van der Waals surface area contributed by atoms with E-state index in [1.54, 1.807) is 48.9 Å². The lowest BCUT2D eigenvalue weighted by Gasteiger charge is -2.24. The third kappa shape index (κ3) is 5.83. The number of amides is 1. The normalized spacial score (nSPS) is 12.5. The third-order valence-corrected chi connectivity index (χ3v) is 6.35. The van der Waals surface area contributed by atoms with Gasteiger partial charge in [0.25, 0.3) is 5.56 Å². The van der Waals surface area contributed by atoms with Crippen molar-refractivity contribution in [2.75, 3.05) is 0 Å². The molecule has 0 aliphatic carbocycles. The third-order valence-electron chi connectivity index (χ3n) is 6.35. The summed E-state index contributed by atoms with van der Waals surface area (Å²) in [6.07, 6.45) is 4.60. The van der Waals surface area contributed by atoms with Crippen LogP contribution in [0.5, 0.6) is 0 Å². The van der Waals surface area contributed by atoms with E-state index in [0.29, 0.717) is 11.1 Å². The van der Waals surface area contributed by atoms with Crippen LogP contribution in [0.4, 0.5) is 0 Å². The maximum Gasteiger partial charge on any atom is 0.305 e. The van der Waals surface area contributed by atoms with E-state index in [2.05, 4.69) is 10.3 Å². The number of carbonyl (C=O) groups excluding carboxylic acids is 1. The summed E-state index contributed by atoms with van der Waals surface area (Å²) in [7, 11) is 0. The monoisotopic (exact) mass is 495 g/mol. The Kier molecular flexibility index (Phi) is 7.63. The molecule has 0 fully saturated rings. The van der Waals surface area contributed by atoms with E-state index in [0.717, 1.165) is 27.8 Å². The van der Waals surface area contributed by atoms with Gasteiger partial charge in [0.05, 0.1) is 12.5 Å². The summed E-state index contributed by atoms with van der Waals surface area (Å²) >= 11 is 0. The van der Waals surface area contributed by atoms with E-state index < -0.39 is 24.0 Å². The van der Waals surface area contributed by atoms with Crippen molar-refractivity contribution in [3.8, 4) is 11.1 Å². The van der Waals surface area contributed by atoms with E-state index in [1.807, 2.05) is 51.1 Å². The Morgan fingerprint density at radius 3 is 2.30 bits per heavy atom. The van der Waals surface area contributed by atoms with Crippen molar-refractivity contribution in [1.82, 2.24) is 14.9 Å². The van der Waals surface area contributed by atoms with E-state index >= 15 is 0 Å². The molecule has 0 saturated carbocycles. The van der Waals surface area contributed by atoms with Crippen LogP contribution in [0.2, 0.25) is 0 Å². The summed E-state index contributed by atoms with van der Waals surface area (Å²) in [5.74, 6) is -1.55. The predicted octanol–water partition coefficient (Wildman–Crippen LogP) is 4.76. The summed E-state index contributed by atoms with van der Waals surface area (Å²) in [4.78, 5) is 42.7. The number of hydrogen-bond donors (Lipinski definition) is 2. The highest BCUT2D eigenvalue weighted by molar-refractivity contribution is 5.84. The Morgan fingerprint density at radius 1 is 0.919 bits per heavy atom. The number of hydrogen-bond acceptors (Lipinski definition) is 4. The summed E-state index contributed by atoms with van der Waals surface area (Å²) in [5.41, 5.74) is 5.67. The smallest absolute Gasteiger partial charge is 0.305 e. The van der Waals surface area contributed by atoms with Crippen LogP contribution in [0, 0.1) is 20.8 Å². The van der Waals surface area contributed by atoms with Gasteiger partial charge in [-0.1, -0.05) is 54.6 Å². The van der Waals surface area contributed by atoms with E-state index in [1.165, 1.54) is 10.6 Å². The molecule has 37 heavy (non-hydrogen) atoms. The topological polar surface area (TPSA) is 101 Å². The lowest BCUT2D eigenvalue weighted by molar-refractivity contribution is -0.137. The average molecular weight is 496 g/mol. The van der Waals surface area contributed by atoms with Gasteiger partial charge in [-0.15, -0.1) is 0 Å². The number of nitrogens with zero attached hydrogens (tertiary/aromatic N) is 2. The van der Waals surface area contributed by atoms with Gasteiger partial charge in [-0.05, 0) is 60.2 Å². The van der Waals surface area contributed by atoms with Crippen molar-refractivity contribution in [1.29, 1.82) is 0 Å². The maximum absolute atomic E-state index is 13.8. The van der Waals surface area contributed by atoms with Crippen LogP contribution in [0.1, 0.15) is 46.3 Å². The summed E-state index contributed by atoms with van der Waals surface area (Å²) in [5, 5.41) is 12.6. The Hall–Kier alpha value is -4.52. The van der Waals surface area contributed by atoms with Crippen LogP contribution < -0.4 is 10.9 Å². The molecule has 2 heterocycles. The molecule has 2 aromatic heterocycles. The quantitative estimate of drug-likeness (QED) is 0.367. The second-order valence-electron chi connectivity index (χ2n) is 9.20. The van der Waals surface area contributed by atoms with Crippen molar-refractivity contribution in [2.24, 2.45) is 0 Å². The first-order chi connectivity index (χ1) is 17.7. The fraction of sp³-hybridized carbons (Fsp3) is 0.200. The number of rotatable bonds is 8. The first-order valence-corrected chi connectivity index (χ1v) is 12.0. The number of nitrogens with one attached hydrogen (secondary N) is 1. The SMILES string of the molecule is Cc1ccc(=O)n(C(C(=O)N[C@@H](CC(=O)O)c2cncc(-c3c(C)cccc3C)c2)c2ccccc2)c1. The molecule has 7 heteroatoms. The van der Waals surface area contributed by atoms with E-state index in [9.17, 15) is 19.5 Å². The van der Waals surface area contributed by atoms with E-state index in [4.69, 9.17) is 0 Å². The molecule has 2 atom stereocenters. The number of benzene rings is 2. The largest absolute Gasteiger partial charge is 0.481 e. The molecule has 0 bridgehead atoms. The van der Waals surface area contributed by atoms with Crippen LogP contribution in [-0.2, 0) is 9.59 Å². The fourth-order valence-electron chi connectivity index (χ4n) is 4.62. The van der Waals surface area contributed by atoms with Gasteiger partial charge in [-0.25, -0.2) is 0 Å². The van der Waals surface area contributed by atoms with Gasteiger partial charge >= 0.3 is 5.97 Å². The van der Waals surface area contributed by atoms with Gasteiger partial charge in [-0.2, -0.15) is 0 Å². The van der Waals surface area contributed by atoms with Crippen LogP contribution in [0.25, 0.3) is 11.1 Å². The first kappa shape index (κ1) is 25.6. The molecule has 4 aromatic rings. The minimum Gasteiger partial charge on any atom is -0.481 e. The Balaban J connectivity index is 1.75. The summed E-state index contributed by atoms with van der Waals surface area (Å²) in [6, 6.07) is 18.1. The summed E-state index contributed by atoms with van der Waals surface area (Å²) < 4.78 is 1.38. The fourth-order valence-corrected chi connectivity index (χ4v) is 4.62. The maximum atomic E-state index is 13.8. The molecule has 0 saturated heterocycles. The number of carboxylic acid groups (broad SMARTS) is 1. The van der Waals surface area contributed by atoms with Crippen LogP contribution in [0.15, 0.2) is 90.1 Å². The molecule has 4 rings (SSSR count). The standard InChI is InChI=1S/C30H29N3O4/c1-19-12-13-26(34)33(18-19)29(22-10-5-4-6-11-22)30(37)32-25(15-27(35)36)23-14-24(17-31-16-23)28-20(2)8-7-9-21(28)3/h4-14,16-18,25,29H,15H2,1-3H3,(H,32,37)(H,35,36)/t25-,29?/m0/s1. The van der Waals surface area contributed by atoms with Crippen molar-refractivity contribution >= 4 is 11.9 Å². The molecular formula is C30H29N3O4. The predicted molar refractivity (Wildman–Crippen MR) is 142 cm³/mol. The molecule has 0 spiro atoms. The van der Waals surface area contributed by atoms with E-state index in [-0.39, 0.29) is 12.0 Å². The minimum absolute atomic E-state index is 0.330. The molecule has 1 amide bonds. The molecule has 7 nitrogen and oxygen atoms in total. The zero-order chi connectivity index (χ0) is 26.5. The highest BCUT2D eigenvalue weighted by Gasteiger charge is 2.28. The molecule has 2 N–H and O–H groups in total. The first-order valence-electron chi connectivity index (χ1n) is 12.0. The average Bonchev–Trinajstić information content (AvgIpc) is 2.86. The number of aromatic nitrogens is 2. The van der Waals surface area contributed by atoms with Gasteiger partial charge in [0.1, 0.15) is 6.04 Å². The van der Waals surface area contributed by atoms with Crippen LogP contribution in [-0.4, -0.2) is 26.5 Å². The lowest BCUT2D eigenvalue weighted by Crippen LogP contribution is -2.40. The highest BCUT2D eigenvalue weighted by Crippen LogP contribution is 2.29. The highest BCUT2D eigenvalue weighted by atomic mass is 16.4. The Bertz CT molecular complexity index is 1470. The van der Waals surface area contributed by atoms with Gasteiger partial charge < -0.3 is 10.4 Å². The van der Waals surface area contributed by atoms with Crippen LogP contribution in [0.3, 0.4) is 0 Å². The van der Waals surface area contributed by atoms with Crippen molar-refractivity contribution < 1.29 is 14.7 Å². The number of pyridine rings is 2. The van der Waals surface area contributed by atoms with Crippen molar-refractivity contribution in [3.63, 3.8) is 0 Å². The Labute approximate surface area is 215 Å². The molecular weight excluding hydrogens is 466 g/mol. The molecule has 2 aromatic carbocycles. The van der Waals surface area contributed by atoms with Gasteiger partial charge in [0.15, 0.2) is 0 Å². The van der Waals surface area contributed by atoms with Crippen LogP contribution >= 0.6 is 0 Å². The second kappa shape index (κ2) is 11.0. The summed E-state index contributed by atoms with van der Waals surface area (Å²) in [6.45, 7) is 5.86. The van der Waals surface area contributed by atoms with Gasteiger partial charge in [0.2, 0.25) is 5.91 Å².